The van der Waals surface area contributed by atoms with Crippen LogP contribution in [0.5, 0.6) is 0 Å². The van der Waals surface area contributed by atoms with E-state index < -0.39 is 0 Å². The number of piperazine rings is 1. The van der Waals surface area contributed by atoms with Crippen LogP contribution in [0.4, 0.5) is 5.82 Å². The van der Waals surface area contributed by atoms with Crippen molar-refractivity contribution in [1.29, 1.82) is 0 Å². The van der Waals surface area contributed by atoms with Crippen molar-refractivity contribution in [2.75, 3.05) is 92.5 Å². The monoisotopic (exact) mass is 451 g/mol. The fraction of sp³-hybridized carbons (Fsp3) is 0.840. The van der Waals surface area contributed by atoms with Gasteiger partial charge in [-0.1, -0.05) is 21.8 Å². The van der Waals surface area contributed by atoms with Crippen molar-refractivity contribution in [3.63, 3.8) is 0 Å². The second-order valence-corrected chi connectivity index (χ2v) is 9.51. The fourth-order valence-corrected chi connectivity index (χ4v) is 4.16. The molecule has 0 amide bonds. The molecule has 1 unspecified atom stereocenters. The number of nitrogens with zero attached hydrogens (tertiary/aromatic N) is 7. The summed E-state index contributed by atoms with van der Waals surface area (Å²) in [5, 5.41) is 0. The maximum atomic E-state index is 4.27. The lowest BCUT2D eigenvalue weighted by Gasteiger charge is -2.32. The van der Waals surface area contributed by atoms with Crippen LogP contribution in [0.15, 0.2) is 18.6 Å². The molecule has 3 saturated heterocycles. The van der Waals surface area contributed by atoms with Crippen LogP contribution in [-0.2, 0) is 0 Å². The molecule has 0 spiro atoms. The Bertz CT molecular complexity index is 545. The van der Waals surface area contributed by atoms with Crippen molar-refractivity contribution >= 4 is 5.82 Å². The Kier molecular flexibility index (Phi) is 15.7. The zero-order valence-corrected chi connectivity index (χ0v) is 20.3. The summed E-state index contributed by atoms with van der Waals surface area (Å²) < 4.78 is 0. The van der Waals surface area contributed by atoms with Crippen molar-refractivity contribution in [2.24, 2.45) is 5.92 Å². The van der Waals surface area contributed by atoms with Crippen LogP contribution >= 0.6 is 0 Å². The van der Waals surface area contributed by atoms with Crippen molar-refractivity contribution in [2.45, 2.75) is 47.1 Å². The molecular formula is C25H53N7. The maximum Gasteiger partial charge on any atom is 0.147 e. The number of anilines is 1. The van der Waals surface area contributed by atoms with Gasteiger partial charge in [0.15, 0.2) is 0 Å². The topological polar surface area (TPSA) is 42.0 Å². The zero-order valence-electron chi connectivity index (χ0n) is 20.3. The van der Waals surface area contributed by atoms with E-state index in [1.165, 1.54) is 45.4 Å². The molecule has 0 bridgehead atoms. The van der Waals surface area contributed by atoms with Crippen molar-refractivity contribution in [1.82, 2.24) is 29.6 Å². The van der Waals surface area contributed by atoms with Crippen LogP contribution in [0.1, 0.15) is 41.0 Å². The SMILES string of the molecule is C.C.CC1CCN(C)C1.CN1CCC(N(C)C)CC1.CN1CCN(c2cnccn2)CC1. The first-order valence-corrected chi connectivity index (χ1v) is 11.6. The van der Waals surface area contributed by atoms with Crippen LogP contribution in [0.3, 0.4) is 0 Å². The second kappa shape index (κ2) is 16.4. The summed E-state index contributed by atoms with van der Waals surface area (Å²) in [5.74, 6) is 1.94. The minimum atomic E-state index is 0. The third kappa shape index (κ3) is 11.5. The molecule has 0 aliphatic carbocycles. The molecule has 3 aliphatic heterocycles. The molecular weight excluding hydrogens is 398 g/mol. The van der Waals surface area contributed by atoms with Gasteiger partial charge in [-0.15, -0.1) is 0 Å². The molecule has 4 rings (SSSR count). The van der Waals surface area contributed by atoms with Gasteiger partial charge in [0.25, 0.3) is 0 Å². The number of likely N-dealkylation sites (tertiary alicyclic amines) is 2. The normalized spacial score (nSPS) is 22.7. The van der Waals surface area contributed by atoms with Crippen LogP contribution < -0.4 is 4.90 Å². The van der Waals surface area contributed by atoms with E-state index in [0.717, 1.165) is 44.0 Å². The lowest BCUT2D eigenvalue weighted by atomic mass is 10.1. The van der Waals surface area contributed by atoms with E-state index in [9.17, 15) is 0 Å². The lowest BCUT2D eigenvalue weighted by Crippen LogP contribution is -2.44. The Balaban J connectivity index is 0.000000456. The Morgan fingerprint density at radius 1 is 0.781 bits per heavy atom. The minimum Gasteiger partial charge on any atom is -0.353 e. The van der Waals surface area contributed by atoms with Gasteiger partial charge in [-0.3, -0.25) is 4.98 Å². The smallest absolute Gasteiger partial charge is 0.147 e. The number of rotatable bonds is 2. The highest BCUT2D eigenvalue weighted by atomic mass is 15.3. The molecule has 3 aliphatic rings. The average molecular weight is 452 g/mol. The van der Waals surface area contributed by atoms with Gasteiger partial charge in [0.2, 0.25) is 0 Å². The first-order chi connectivity index (χ1) is 14.3. The highest BCUT2D eigenvalue weighted by Crippen LogP contribution is 2.12. The summed E-state index contributed by atoms with van der Waals surface area (Å²) in [6.45, 7) is 11.8. The van der Waals surface area contributed by atoms with Gasteiger partial charge in [-0.2, -0.15) is 0 Å². The molecule has 0 saturated carbocycles. The molecule has 1 atom stereocenters. The first-order valence-electron chi connectivity index (χ1n) is 11.6. The number of likely N-dealkylation sites (N-methyl/N-ethyl adjacent to an activating group) is 1. The van der Waals surface area contributed by atoms with E-state index in [2.05, 4.69) is 76.6 Å². The first kappa shape index (κ1) is 30.7. The lowest BCUT2D eigenvalue weighted by molar-refractivity contribution is 0.166. The summed E-state index contributed by atoms with van der Waals surface area (Å²) in [4.78, 5) is 20.1. The highest BCUT2D eigenvalue weighted by molar-refractivity contribution is 5.35. The average Bonchev–Trinajstić information content (AvgIpc) is 3.13. The quantitative estimate of drug-likeness (QED) is 0.684. The number of aromatic nitrogens is 2. The number of hydrogen-bond acceptors (Lipinski definition) is 7. The minimum absolute atomic E-state index is 0. The van der Waals surface area contributed by atoms with E-state index in [4.69, 9.17) is 0 Å². The van der Waals surface area contributed by atoms with Gasteiger partial charge in [0.05, 0.1) is 6.20 Å². The Morgan fingerprint density at radius 2 is 1.34 bits per heavy atom. The third-order valence-corrected chi connectivity index (χ3v) is 6.42. The Hall–Kier alpha value is -1.28. The van der Waals surface area contributed by atoms with E-state index in [1.807, 2.05) is 6.20 Å². The predicted octanol–water partition coefficient (Wildman–Crippen LogP) is 3.10. The summed E-state index contributed by atoms with van der Waals surface area (Å²) >= 11 is 0. The molecule has 7 nitrogen and oxygen atoms in total. The van der Waals surface area contributed by atoms with Gasteiger partial charge >= 0.3 is 0 Å². The highest BCUT2D eigenvalue weighted by Gasteiger charge is 2.17. The molecule has 0 N–H and O–H groups in total. The van der Waals surface area contributed by atoms with Crippen LogP contribution in [0.25, 0.3) is 0 Å². The largest absolute Gasteiger partial charge is 0.353 e. The molecule has 0 aromatic carbocycles. The maximum absolute atomic E-state index is 4.27. The van der Waals surface area contributed by atoms with Gasteiger partial charge < -0.3 is 24.5 Å². The van der Waals surface area contributed by atoms with Gasteiger partial charge in [-0.05, 0) is 80.1 Å². The standard InChI is InChI=1S/C9H14N4.C8H18N2.C6H13N.2CH4/c1-12-4-6-13(7-5-12)9-8-10-2-3-11-9;1-9(2)8-4-6-10(3)7-5-8;1-6-3-4-7(2)5-6;;/h2-3,8H,4-7H2,1H3;8H,4-7H2,1-3H3;6H,3-5H2,1-2H3;2*1H4. The van der Waals surface area contributed by atoms with Crippen LogP contribution in [-0.4, -0.2) is 123 Å². The third-order valence-electron chi connectivity index (χ3n) is 6.42. The Labute approximate surface area is 199 Å². The molecule has 1 aromatic rings. The fourth-order valence-electron chi connectivity index (χ4n) is 4.16. The molecule has 7 heteroatoms. The summed E-state index contributed by atoms with van der Waals surface area (Å²) in [7, 11) is 10.9. The number of hydrogen-bond donors (Lipinski definition) is 0. The van der Waals surface area contributed by atoms with Gasteiger partial charge in [-0.25, -0.2) is 4.98 Å². The molecule has 3 fully saturated rings. The van der Waals surface area contributed by atoms with Crippen LogP contribution in [0, 0.1) is 5.92 Å². The van der Waals surface area contributed by atoms with Crippen LogP contribution in [0.2, 0.25) is 0 Å². The van der Waals surface area contributed by atoms with Crippen molar-refractivity contribution < 1.29 is 0 Å². The summed E-state index contributed by atoms with van der Waals surface area (Å²) in [6, 6.07) is 0.830. The molecule has 0 radical (unpaired) electrons. The van der Waals surface area contributed by atoms with E-state index in [-0.39, 0.29) is 14.9 Å². The molecule has 4 heterocycles. The van der Waals surface area contributed by atoms with E-state index in [1.54, 1.807) is 12.4 Å². The van der Waals surface area contributed by atoms with Gasteiger partial charge in [0.1, 0.15) is 5.82 Å². The van der Waals surface area contributed by atoms with E-state index >= 15 is 0 Å². The molecule has 32 heavy (non-hydrogen) atoms. The number of piperidine rings is 1. The van der Waals surface area contributed by atoms with Crippen molar-refractivity contribution in [3.05, 3.63) is 18.6 Å². The second-order valence-electron chi connectivity index (χ2n) is 9.51. The van der Waals surface area contributed by atoms with Crippen molar-refractivity contribution in [3.8, 4) is 0 Å². The van der Waals surface area contributed by atoms with E-state index in [0.29, 0.717) is 0 Å². The summed E-state index contributed by atoms with van der Waals surface area (Å²) in [6.07, 6.45) is 9.35. The Morgan fingerprint density at radius 3 is 1.75 bits per heavy atom. The predicted molar refractivity (Wildman–Crippen MR) is 141 cm³/mol. The zero-order chi connectivity index (χ0) is 21.9. The summed E-state index contributed by atoms with van der Waals surface area (Å²) in [5.41, 5.74) is 0. The molecule has 188 valence electrons. The van der Waals surface area contributed by atoms with Gasteiger partial charge in [0, 0.05) is 51.2 Å². The molecule has 1 aromatic heterocycles.